The molecule has 0 amide bonds. The summed E-state index contributed by atoms with van der Waals surface area (Å²) in [5.74, 6) is 0.165. The van der Waals surface area contributed by atoms with E-state index in [1.165, 1.54) is 0 Å². The molecular weight excluding hydrogens is 316 g/mol. The Balaban J connectivity index is 2.13. The first-order chi connectivity index (χ1) is 8.49. The first kappa shape index (κ1) is 14.0. The predicted octanol–water partition coefficient (Wildman–Crippen LogP) is 1.13. The third-order valence-electron chi connectivity index (χ3n) is 3.23. The maximum atomic E-state index is 12.3. The van der Waals surface area contributed by atoms with Crippen LogP contribution in [0, 0.1) is 0 Å². The van der Waals surface area contributed by atoms with Crippen LogP contribution in [0.15, 0.2) is 33.6 Å². The third-order valence-corrected chi connectivity index (χ3v) is 5.57. The van der Waals surface area contributed by atoms with Crippen LogP contribution in [-0.4, -0.2) is 51.8 Å². The smallest absolute Gasteiger partial charge is 0.179 e. The monoisotopic (exact) mass is 332 g/mol. The molecule has 100 valence electrons. The molecule has 0 aliphatic carbocycles. The van der Waals surface area contributed by atoms with Crippen LogP contribution in [0.3, 0.4) is 0 Å². The van der Waals surface area contributed by atoms with Gasteiger partial charge in [0.2, 0.25) is 0 Å². The maximum absolute atomic E-state index is 12.3. The molecule has 0 saturated carbocycles. The van der Waals surface area contributed by atoms with Gasteiger partial charge in [-0.2, -0.15) is 0 Å². The second kappa shape index (κ2) is 5.69. The summed E-state index contributed by atoms with van der Waals surface area (Å²) in [5, 5.41) is 3.23. The highest BCUT2D eigenvalue weighted by Gasteiger charge is 2.26. The fraction of sp³-hybridized carbons (Fsp3) is 0.500. The number of rotatable bonds is 3. The molecule has 1 aliphatic heterocycles. The van der Waals surface area contributed by atoms with E-state index in [9.17, 15) is 8.42 Å². The first-order valence-corrected chi connectivity index (χ1v) is 8.33. The Bertz CT molecular complexity index is 501. The van der Waals surface area contributed by atoms with Crippen molar-refractivity contribution in [2.75, 3.05) is 32.4 Å². The van der Waals surface area contributed by atoms with E-state index in [0.717, 1.165) is 24.1 Å². The van der Waals surface area contributed by atoms with Crippen LogP contribution in [0.2, 0.25) is 0 Å². The lowest BCUT2D eigenvalue weighted by atomic mass is 10.2. The lowest BCUT2D eigenvalue weighted by molar-refractivity contribution is 0.216. The SMILES string of the molecule is CN1CCNCC1CS(=O)(=O)c1ccc(Br)cc1. The number of hydrogen-bond donors (Lipinski definition) is 1. The lowest BCUT2D eigenvalue weighted by Crippen LogP contribution is -2.52. The largest absolute Gasteiger partial charge is 0.314 e. The zero-order valence-corrected chi connectivity index (χ0v) is 12.7. The number of nitrogens with zero attached hydrogens (tertiary/aromatic N) is 1. The molecule has 0 radical (unpaired) electrons. The molecule has 18 heavy (non-hydrogen) atoms. The van der Waals surface area contributed by atoms with E-state index in [-0.39, 0.29) is 11.8 Å². The fourth-order valence-corrected chi connectivity index (χ4v) is 3.93. The average molecular weight is 333 g/mol. The van der Waals surface area contributed by atoms with Crippen LogP contribution in [-0.2, 0) is 9.84 Å². The highest BCUT2D eigenvalue weighted by atomic mass is 79.9. The molecular formula is C12H17BrN2O2S. The van der Waals surface area contributed by atoms with Crippen molar-refractivity contribution < 1.29 is 8.42 Å². The Hall–Kier alpha value is -0.430. The van der Waals surface area contributed by atoms with E-state index in [2.05, 4.69) is 26.1 Å². The molecule has 1 aromatic rings. The van der Waals surface area contributed by atoms with E-state index >= 15 is 0 Å². The average Bonchev–Trinajstić information content (AvgIpc) is 2.32. The minimum absolute atomic E-state index is 0.0485. The van der Waals surface area contributed by atoms with Gasteiger partial charge in [0.1, 0.15) is 0 Å². The number of sulfone groups is 1. The van der Waals surface area contributed by atoms with Gasteiger partial charge in [-0.15, -0.1) is 0 Å². The fourth-order valence-electron chi connectivity index (χ4n) is 2.04. The number of piperazine rings is 1. The Morgan fingerprint density at radius 1 is 1.39 bits per heavy atom. The molecule has 4 nitrogen and oxygen atoms in total. The summed E-state index contributed by atoms with van der Waals surface area (Å²) in [6.45, 7) is 2.54. The summed E-state index contributed by atoms with van der Waals surface area (Å²) in [5.41, 5.74) is 0. The summed E-state index contributed by atoms with van der Waals surface area (Å²) in [6, 6.07) is 6.86. The van der Waals surface area contributed by atoms with Gasteiger partial charge in [0, 0.05) is 30.1 Å². The molecule has 1 heterocycles. The van der Waals surface area contributed by atoms with E-state index in [4.69, 9.17) is 0 Å². The van der Waals surface area contributed by atoms with Gasteiger partial charge in [-0.05, 0) is 31.3 Å². The lowest BCUT2D eigenvalue weighted by Gasteiger charge is -2.32. The number of nitrogens with one attached hydrogen (secondary N) is 1. The highest BCUT2D eigenvalue weighted by molar-refractivity contribution is 9.10. The Kier molecular flexibility index (Phi) is 4.42. The van der Waals surface area contributed by atoms with Gasteiger partial charge in [0.25, 0.3) is 0 Å². The number of likely N-dealkylation sites (N-methyl/N-ethyl adjacent to an activating group) is 1. The van der Waals surface area contributed by atoms with Crippen molar-refractivity contribution in [2.24, 2.45) is 0 Å². The van der Waals surface area contributed by atoms with Gasteiger partial charge in [-0.3, -0.25) is 4.90 Å². The van der Waals surface area contributed by atoms with E-state index in [1.807, 2.05) is 7.05 Å². The standard InChI is InChI=1S/C12H17BrN2O2S/c1-15-7-6-14-8-11(15)9-18(16,17)12-4-2-10(13)3-5-12/h2-5,11,14H,6-9H2,1H3. The molecule has 1 aromatic carbocycles. The van der Waals surface area contributed by atoms with Gasteiger partial charge in [0.05, 0.1) is 10.6 Å². The van der Waals surface area contributed by atoms with Crippen LogP contribution in [0.1, 0.15) is 0 Å². The van der Waals surface area contributed by atoms with Gasteiger partial charge < -0.3 is 5.32 Å². The van der Waals surface area contributed by atoms with Crippen molar-refractivity contribution in [1.29, 1.82) is 0 Å². The molecule has 0 aromatic heterocycles. The van der Waals surface area contributed by atoms with E-state index in [1.54, 1.807) is 24.3 Å². The van der Waals surface area contributed by atoms with Crippen LogP contribution < -0.4 is 5.32 Å². The van der Waals surface area contributed by atoms with Crippen molar-refractivity contribution in [3.8, 4) is 0 Å². The molecule has 1 fully saturated rings. The number of hydrogen-bond acceptors (Lipinski definition) is 4. The van der Waals surface area contributed by atoms with Crippen molar-refractivity contribution >= 4 is 25.8 Å². The molecule has 0 bridgehead atoms. The molecule has 1 N–H and O–H groups in total. The predicted molar refractivity (Wildman–Crippen MR) is 75.5 cm³/mol. The summed E-state index contributed by atoms with van der Waals surface area (Å²) < 4.78 is 25.5. The second-order valence-electron chi connectivity index (χ2n) is 4.57. The van der Waals surface area contributed by atoms with Crippen LogP contribution >= 0.6 is 15.9 Å². The Labute approximate surface area is 116 Å². The molecule has 1 atom stereocenters. The zero-order valence-electron chi connectivity index (χ0n) is 10.3. The molecule has 1 unspecified atom stereocenters. The number of benzene rings is 1. The number of halogens is 1. The van der Waals surface area contributed by atoms with Crippen molar-refractivity contribution in [2.45, 2.75) is 10.9 Å². The molecule has 1 saturated heterocycles. The Morgan fingerprint density at radius 3 is 2.67 bits per heavy atom. The van der Waals surface area contributed by atoms with Gasteiger partial charge in [0.15, 0.2) is 9.84 Å². The minimum atomic E-state index is -3.21. The molecule has 6 heteroatoms. The van der Waals surface area contributed by atoms with Gasteiger partial charge in [-0.25, -0.2) is 8.42 Å². The summed E-state index contributed by atoms with van der Waals surface area (Å²) in [7, 11) is -1.24. The zero-order chi connectivity index (χ0) is 13.2. The van der Waals surface area contributed by atoms with Crippen molar-refractivity contribution in [3.63, 3.8) is 0 Å². The van der Waals surface area contributed by atoms with E-state index in [0.29, 0.717) is 4.90 Å². The summed E-state index contributed by atoms with van der Waals surface area (Å²) in [4.78, 5) is 2.50. The molecule has 1 aliphatic rings. The van der Waals surface area contributed by atoms with Gasteiger partial charge in [-0.1, -0.05) is 15.9 Å². The van der Waals surface area contributed by atoms with Crippen molar-refractivity contribution in [3.05, 3.63) is 28.7 Å². The quantitative estimate of drug-likeness (QED) is 0.901. The third kappa shape index (κ3) is 3.32. The van der Waals surface area contributed by atoms with E-state index < -0.39 is 9.84 Å². The van der Waals surface area contributed by atoms with Gasteiger partial charge >= 0.3 is 0 Å². The van der Waals surface area contributed by atoms with Crippen molar-refractivity contribution in [1.82, 2.24) is 10.2 Å². The van der Waals surface area contributed by atoms with Crippen LogP contribution in [0.25, 0.3) is 0 Å². The highest BCUT2D eigenvalue weighted by Crippen LogP contribution is 2.17. The molecule has 2 rings (SSSR count). The summed E-state index contributed by atoms with van der Waals surface area (Å²) >= 11 is 3.31. The topological polar surface area (TPSA) is 49.4 Å². The second-order valence-corrected chi connectivity index (χ2v) is 7.52. The Morgan fingerprint density at radius 2 is 2.06 bits per heavy atom. The summed E-state index contributed by atoms with van der Waals surface area (Å²) in [6.07, 6.45) is 0. The van der Waals surface area contributed by atoms with Crippen LogP contribution in [0.5, 0.6) is 0 Å². The maximum Gasteiger partial charge on any atom is 0.179 e. The van der Waals surface area contributed by atoms with Crippen LogP contribution in [0.4, 0.5) is 0 Å². The normalized spacial score (nSPS) is 22.0. The minimum Gasteiger partial charge on any atom is -0.314 e. The first-order valence-electron chi connectivity index (χ1n) is 5.88. The molecule has 0 spiro atoms.